The largest absolute Gasteiger partial charge is 0.345 e. The van der Waals surface area contributed by atoms with Gasteiger partial charge in [-0.15, -0.1) is 11.8 Å². The number of hydrogen-bond donors (Lipinski definition) is 2. The molecule has 1 aliphatic rings. The zero-order chi connectivity index (χ0) is 12.5. The average Bonchev–Trinajstić information content (AvgIpc) is 2.79. The summed E-state index contributed by atoms with van der Waals surface area (Å²) in [6.07, 6.45) is 2.45. The summed E-state index contributed by atoms with van der Waals surface area (Å²) >= 11 is 1.95. The molecule has 3 rings (SSSR count). The molecule has 3 nitrogen and oxygen atoms in total. The first-order valence-corrected chi connectivity index (χ1v) is 7.28. The van der Waals surface area contributed by atoms with Crippen LogP contribution in [0.2, 0.25) is 0 Å². The standard InChI is InChI=1S/C14H17N3S/c1-9-16-12(8-15)14(17-9)11-4-5-13-10(7-11)3-2-6-18-13/h4-5,7H,2-3,6,8,15H2,1H3,(H,16,17). The lowest BCUT2D eigenvalue weighted by Gasteiger charge is -2.15. The van der Waals surface area contributed by atoms with E-state index in [-0.39, 0.29) is 0 Å². The maximum Gasteiger partial charge on any atom is 0.103 e. The molecule has 0 fully saturated rings. The van der Waals surface area contributed by atoms with Gasteiger partial charge in [-0.3, -0.25) is 0 Å². The number of thioether (sulfide) groups is 1. The second-order valence-electron chi connectivity index (χ2n) is 4.63. The minimum atomic E-state index is 0.502. The van der Waals surface area contributed by atoms with Gasteiger partial charge in [0.15, 0.2) is 0 Å². The topological polar surface area (TPSA) is 54.7 Å². The molecule has 2 aromatic rings. The van der Waals surface area contributed by atoms with Crippen LogP contribution in [-0.4, -0.2) is 15.7 Å². The number of rotatable bonds is 2. The van der Waals surface area contributed by atoms with Crippen LogP contribution >= 0.6 is 11.8 Å². The number of aromatic nitrogens is 2. The van der Waals surface area contributed by atoms with Crippen LogP contribution in [-0.2, 0) is 13.0 Å². The highest BCUT2D eigenvalue weighted by atomic mass is 32.2. The zero-order valence-electron chi connectivity index (χ0n) is 10.5. The summed E-state index contributed by atoms with van der Waals surface area (Å²) < 4.78 is 0. The van der Waals surface area contributed by atoms with Gasteiger partial charge in [-0.05, 0) is 43.2 Å². The Morgan fingerprint density at radius 1 is 1.44 bits per heavy atom. The number of aryl methyl sites for hydroxylation is 2. The van der Waals surface area contributed by atoms with Crippen molar-refractivity contribution in [3.05, 3.63) is 35.3 Å². The van der Waals surface area contributed by atoms with E-state index < -0.39 is 0 Å². The normalized spacial score (nSPS) is 14.6. The first kappa shape index (κ1) is 11.8. The van der Waals surface area contributed by atoms with Crippen molar-refractivity contribution in [2.75, 3.05) is 5.75 Å². The van der Waals surface area contributed by atoms with Crippen LogP contribution in [0.1, 0.15) is 23.5 Å². The van der Waals surface area contributed by atoms with Gasteiger partial charge in [-0.2, -0.15) is 0 Å². The molecule has 0 radical (unpaired) electrons. The molecule has 94 valence electrons. The van der Waals surface area contributed by atoms with E-state index in [1.54, 1.807) is 0 Å². The fraction of sp³-hybridized carbons (Fsp3) is 0.357. The summed E-state index contributed by atoms with van der Waals surface area (Å²) in [5.41, 5.74) is 10.4. The van der Waals surface area contributed by atoms with E-state index >= 15 is 0 Å². The number of nitrogens with two attached hydrogens (primary N) is 1. The van der Waals surface area contributed by atoms with E-state index in [0.29, 0.717) is 6.54 Å². The molecule has 0 saturated carbocycles. The van der Waals surface area contributed by atoms with Gasteiger partial charge in [0.1, 0.15) is 5.82 Å². The first-order valence-electron chi connectivity index (χ1n) is 6.29. The van der Waals surface area contributed by atoms with Crippen LogP contribution in [0, 0.1) is 6.92 Å². The van der Waals surface area contributed by atoms with Crippen molar-refractivity contribution in [1.29, 1.82) is 0 Å². The van der Waals surface area contributed by atoms with Crippen molar-refractivity contribution >= 4 is 11.8 Å². The molecule has 0 amide bonds. The van der Waals surface area contributed by atoms with Gasteiger partial charge in [0, 0.05) is 17.0 Å². The zero-order valence-corrected chi connectivity index (χ0v) is 11.3. The SMILES string of the molecule is Cc1nc(-c2ccc3c(c2)CCCS3)c(CN)[nH]1. The Morgan fingerprint density at radius 3 is 3.17 bits per heavy atom. The molecule has 3 N–H and O–H groups in total. The summed E-state index contributed by atoms with van der Waals surface area (Å²) in [4.78, 5) is 9.21. The molecule has 1 aromatic heterocycles. The molecule has 1 aromatic carbocycles. The lowest BCUT2D eigenvalue weighted by atomic mass is 10.0. The third-order valence-corrected chi connectivity index (χ3v) is 4.49. The summed E-state index contributed by atoms with van der Waals surface area (Å²) in [6, 6.07) is 6.65. The molecule has 0 saturated heterocycles. The van der Waals surface area contributed by atoms with E-state index in [1.807, 2.05) is 18.7 Å². The van der Waals surface area contributed by atoms with Crippen molar-refractivity contribution in [2.24, 2.45) is 5.73 Å². The van der Waals surface area contributed by atoms with Crippen LogP contribution in [0.3, 0.4) is 0 Å². The number of fused-ring (bicyclic) bond motifs is 1. The fourth-order valence-electron chi connectivity index (χ4n) is 2.43. The van der Waals surface area contributed by atoms with Crippen molar-refractivity contribution in [3.63, 3.8) is 0 Å². The Labute approximate surface area is 111 Å². The highest BCUT2D eigenvalue weighted by Gasteiger charge is 2.14. The number of H-pyrrole nitrogens is 1. The lowest BCUT2D eigenvalue weighted by molar-refractivity contribution is 0.890. The molecule has 0 aliphatic carbocycles. The van der Waals surface area contributed by atoms with Gasteiger partial charge < -0.3 is 10.7 Å². The fourth-order valence-corrected chi connectivity index (χ4v) is 3.45. The van der Waals surface area contributed by atoms with Crippen molar-refractivity contribution < 1.29 is 0 Å². The van der Waals surface area contributed by atoms with E-state index in [2.05, 4.69) is 28.2 Å². The van der Waals surface area contributed by atoms with Crippen LogP contribution in [0.15, 0.2) is 23.1 Å². The summed E-state index contributed by atoms with van der Waals surface area (Å²) in [6.45, 7) is 2.47. The first-order chi connectivity index (χ1) is 8.78. The summed E-state index contributed by atoms with van der Waals surface area (Å²) in [7, 11) is 0. The van der Waals surface area contributed by atoms with Crippen molar-refractivity contribution in [2.45, 2.75) is 31.2 Å². The van der Waals surface area contributed by atoms with E-state index in [4.69, 9.17) is 5.73 Å². The van der Waals surface area contributed by atoms with Gasteiger partial charge in [0.25, 0.3) is 0 Å². The van der Waals surface area contributed by atoms with Gasteiger partial charge in [-0.1, -0.05) is 6.07 Å². The van der Waals surface area contributed by atoms with Gasteiger partial charge in [-0.25, -0.2) is 4.98 Å². The Hall–Kier alpha value is -1.26. The molecule has 4 heteroatoms. The monoisotopic (exact) mass is 259 g/mol. The van der Waals surface area contributed by atoms with E-state index in [9.17, 15) is 0 Å². The number of imidazole rings is 1. The van der Waals surface area contributed by atoms with Crippen molar-refractivity contribution in [3.8, 4) is 11.3 Å². The second kappa shape index (κ2) is 4.78. The predicted molar refractivity (Wildman–Crippen MR) is 75.7 cm³/mol. The van der Waals surface area contributed by atoms with Gasteiger partial charge >= 0.3 is 0 Å². The highest BCUT2D eigenvalue weighted by Crippen LogP contribution is 2.33. The van der Waals surface area contributed by atoms with E-state index in [0.717, 1.165) is 17.2 Å². The Bertz CT molecular complexity index is 574. The molecule has 2 heterocycles. The van der Waals surface area contributed by atoms with Gasteiger partial charge in [0.2, 0.25) is 0 Å². The highest BCUT2D eigenvalue weighted by molar-refractivity contribution is 7.99. The molecule has 0 atom stereocenters. The minimum Gasteiger partial charge on any atom is -0.345 e. The van der Waals surface area contributed by atoms with Crippen molar-refractivity contribution in [1.82, 2.24) is 9.97 Å². The third kappa shape index (κ3) is 2.06. The number of hydrogen-bond acceptors (Lipinski definition) is 3. The van der Waals surface area contributed by atoms with Crippen LogP contribution < -0.4 is 5.73 Å². The number of nitrogens with zero attached hydrogens (tertiary/aromatic N) is 1. The van der Waals surface area contributed by atoms with Crippen LogP contribution in [0.25, 0.3) is 11.3 Å². The van der Waals surface area contributed by atoms with Gasteiger partial charge in [0.05, 0.1) is 11.4 Å². The smallest absolute Gasteiger partial charge is 0.103 e. The Balaban J connectivity index is 2.06. The molecule has 0 bridgehead atoms. The summed E-state index contributed by atoms with van der Waals surface area (Å²) in [5.74, 6) is 2.17. The summed E-state index contributed by atoms with van der Waals surface area (Å²) in [5, 5.41) is 0. The maximum absolute atomic E-state index is 5.76. The molecule has 0 spiro atoms. The van der Waals surface area contributed by atoms with Crippen LogP contribution in [0.4, 0.5) is 0 Å². The average molecular weight is 259 g/mol. The number of nitrogens with one attached hydrogen (secondary N) is 1. The Morgan fingerprint density at radius 2 is 2.33 bits per heavy atom. The molecule has 18 heavy (non-hydrogen) atoms. The predicted octanol–water partition coefficient (Wildman–Crippen LogP) is 2.88. The molecule has 0 unspecified atom stereocenters. The Kier molecular flexibility index (Phi) is 3.14. The molecular formula is C14H17N3S. The second-order valence-corrected chi connectivity index (χ2v) is 5.76. The maximum atomic E-state index is 5.76. The number of aromatic amines is 1. The van der Waals surface area contributed by atoms with Crippen LogP contribution in [0.5, 0.6) is 0 Å². The quantitative estimate of drug-likeness (QED) is 0.872. The minimum absolute atomic E-state index is 0.502. The van der Waals surface area contributed by atoms with E-state index in [1.165, 1.54) is 34.6 Å². The molecule has 1 aliphatic heterocycles. The number of benzene rings is 1. The molecular weight excluding hydrogens is 242 g/mol. The lowest BCUT2D eigenvalue weighted by Crippen LogP contribution is -2.01. The third-order valence-electron chi connectivity index (χ3n) is 3.28.